The first-order chi connectivity index (χ1) is 14.4. The van der Waals surface area contributed by atoms with E-state index in [2.05, 4.69) is 34.6 Å². The normalized spacial score (nSPS) is 49.9. The Labute approximate surface area is 178 Å². The van der Waals surface area contributed by atoms with Gasteiger partial charge in [-0.3, -0.25) is 4.79 Å². The predicted octanol–water partition coefficient (Wildman–Crippen LogP) is 7.45. The Bertz CT molecular complexity index is 743. The first-order valence-electron chi connectivity index (χ1n) is 13.7. The summed E-state index contributed by atoms with van der Waals surface area (Å²) in [6.45, 7) is 11.9. The molecular formula is C27H44O. The Hall–Kier alpha value is -0.590. The zero-order chi connectivity index (χ0) is 22.8. The first-order valence-corrected chi connectivity index (χ1v) is 12.2. The molecular weight excluding hydrogens is 340 g/mol. The molecule has 28 heavy (non-hydrogen) atoms. The minimum atomic E-state index is -1.88. The third kappa shape index (κ3) is 3.33. The lowest BCUT2D eigenvalue weighted by atomic mass is 9.45. The van der Waals surface area contributed by atoms with Crippen molar-refractivity contribution in [3.05, 3.63) is 12.1 Å². The van der Waals surface area contributed by atoms with Crippen LogP contribution in [-0.4, -0.2) is 5.78 Å². The molecule has 4 aliphatic rings. The minimum Gasteiger partial charge on any atom is -0.295 e. The number of ketones is 1. The highest BCUT2D eigenvalue weighted by molar-refractivity contribution is 5.91. The molecule has 0 saturated heterocycles. The average Bonchev–Trinajstić information content (AvgIpc) is 3.03. The highest BCUT2D eigenvalue weighted by Crippen LogP contribution is 2.67. The Kier molecular flexibility index (Phi) is 4.64. The van der Waals surface area contributed by atoms with Crippen LogP contribution >= 0.6 is 0 Å². The van der Waals surface area contributed by atoms with Gasteiger partial charge in [0.05, 0.1) is 1.37 Å². The number of carbonyl (C=O) groups excluding carboxylic acids is 1. The second kappa shape index (κ2) is 7.59. The fourth-order valence-corrected chi connectivity index (χ4v) is 8.27. The van der Waals surface area contributed by atoms with Crippen LogP contribution in [0.4, 0.5) is 0 Å². The third-order valence-electron chi connectivity index (χ3n) is 9.80. The highest BCUT2D eigenvalue weighted by atomic mass is 16.1. The molecule has 1 heteroatoms. The van der Waals surface area contributed by atoms with Crippen LogP contribution in [0, 0.1) is 52.3 Å². The summed E-state index contributed by atoms with van der Waals surface area (Å²) in [5.74, 6) is 3.32. The van der Waals surface area contributed by atoms with Gasteiger partial charge in [0.25, 0.3) is 0 Å². The molecule has 0 unspecified atom stereocenters. The van der Waals surface area contributed by atoms with E-state index in [-0.39, 0.29) is 17.4 Å². The van der Waals surface area contributed by atoms with Crippen LogP contribution in [0.2, 0.25) is 0 Å². The molecule has 0 radical (unpaired) electrons. The number of rotatable bonds is 5. The maximum absolute atomic E-state index is 12.5. The van der Waals surface area contributed by atoms with Crippen molar-refractivity contribution in [2.24, 2.45) is 52.3 Å². The maximum atomic E-state index is 12.5. The topological polar surface area (TPSA) is 17.1 Å². The summed E-state index contributed by atoms with van der Waals surface area (Å²) in [5, 5.41) is 0. The molecule has 4 rings (SSSR count). The molecule has 3 fully saturated rings. The average molecular weight is 388 g/mol. The second-order valence-electron chi connectivity index (χ2n) is 11.7. The molecule has 0 N–H and O–H groups in total. The summed E-state index contributed by atoms with van der Waals surface area (Å²) < 4.78 is 25.3. The van der Waals surface area contributed by atoms with Crippen molar-refractivity contribution >= 4 is 5.78 Å². The Balaban J connectivity index is 1.55. The smallest absolute Gasteiger partial charge is 0.155 e. The van der Waals surface area contributed by atoms with Gasteiger partial charge < -0.3 is 0 Å². The highest BCUT2D eigenvalue weighted by Gasteiger charge is 2.59. The summed E-state index contributed by atoms with van der Waals surface area (Å²) in [6.07, 6.45) is 10.9. The fraction of sp³-hybridized carbons (Fsp3) is 0.889. The van der Waals surface area contributed by atoms with Gasteiger partial charge in [0, 0.05) is 9.11 Å². The van der Waals surface area contributed by atoms with Crippen LogP contribution in [0.1, 0.15) is 103 Å². The predicted molar refractivity (Wildman–Crippen MR) is 118 cm³/mol. The van der Waals surface area contributed by atoms with E-state index in [0.717, 1.165) is 42.9 Å². The minimum absolute atomic E-state index is 0.0826. The molecule has 0 heterocycles. The van der Waals surface area contributed by atoms with Gasteiger partial charge in [-0.2, -0.15) is 0 Å². The van der Waals surface area contributed by atoms with E-state index in [9.17, 15) is 4.79 Å². The van der Waals surface area contributed by atoms with E-state index in [4.69, 9.17) is 4.11 Å². The monoisotopic (exact) mass is 387 g/mol. The largest absolute Gasteiger partial charge is 0.295 e. The lowest BCUT2D eigenvalue weighted by Crippen LogP contribution is -2.52. The van der Waals surface area contributed by atoms with Crippen molar-refractivity contribution in [2.45, 2.75) is 98.8 Å². The van der Waals surface area contributed by atoms with Crippen LogP contribution in [0.5, 0.6) is 0 Å². The van der Waals surface area contributed by atoms with E-state index >= 15 is 0 Å². The van der Waals surface area contributed by atoms with E-state index in [1.54, 1.807) is 0 Å². The van der Waals surface area contributed by atoms with E-state index < -0.39 is 12.2 Å². The molecule has 0 aliphatic heterocycles. The molecule has 158 valence electrons. The van der Waals surface area contributed by atoms with E-state index in [0.29, 0.717) is 17.3 Å². The summed E-state index contributed by atoms with van der Waals surface area (Å²) in [7, 11) is 0. The molecule has 0 spiro atoms. The second-order valence-corrected chi connectivity index (χ2v) is 11.7. The van der Waals surface area contributed by atoms with E-state index in [1.165, 1.54) is 38.5 Å². The van der Waals surface area contributed by atoms with Crippen molar-refractivity contribution in [3.63, 3.8) is 0 Å². The van der Waals surface area contributed by atoms with Crippen molar-refractivity contribution < 1.29 is 8.91 Å². The Morgan fingerprint density at radius 3 is 2.64 bits per heavy atom. The van der Waals surface area contributed by atoms with Crippen LogP contribution in [0.15, 0.2) is 12.1 Å². The SMILES string of the molecule is [2H]C1=C[C@]2(C)[C@H]3CC[C@]4(C)[C@@H]([C@H](C)CCCC(C)C)CC[C@H]4[C@@H]3CC[C@H]2C([2H])([2H])C1=O. The zero-order valence-electron chi connectivity index (χ0n) is 21.9. The van der Waals surface area contributed by atoms with Crippen LogP contribution in [-0.2, 0) is 4.79 Å². The van der Waals surface area contributed by atoms with Gasteiger partial charge in [0.15, 0.2) is 5.78 Å². The molecule has 0 amide bonds. The van der Waals surface area contributed by atoms with Crippen molar-refractivity contribution in [1.29, 1.82) is 0 Å². The number of allylic oxidation sites excluding steroid dienone is 2. The first kappa shape index (κ1) is 17.1. The van der Waals surface area contributed by atoms with Gasteiger partial charge in [-0.05, 0) is 96.8 Å². The lowest BCUT2D eigenvalue weighted by molar-refractivity contribution is -0.122. The third-order valence-corrected chi connectivity index (χ3v) is 9.80. The molecule has 1 nitrogen and oxygen atoms in total. The molecule has 0 aromatic heterocycles. The van der Waals surface area contributed by atoms with Gasteiger partial charge in [-0.1, -0.05) is 60.0 Å². The van der Waals surface area contributed by atoms with Crippen LogP contribution in [0.25, 0.3) is 0 Å². The van der Waals surface area contributed by atoms with Crippen molar-refractivity contribution in [1.82, 2.24) is 0 Å². The van der Waals surface area contributed by atoms with E-state index in [1.807, 2.05) is 6.08 Å². The summed E-state index contributed by atoms with van der Waals surface area (Å²) in [5.41, 5.74) is 0.0678. The molecule has 8 atom stereocenters. The van der Waals surface area contributed by atoms with Crippen LogP contribution < -0.4 is 0 Å². The number of hydrogen-bond donors (Lipinski definition) is 0. The van der Waals surface area contributed by atoms with Crippen molar-refractivity contribution in [3.8, 4) is 0 Å². The Morgan fingerprint density at radius 1 is 1.11 bits per heavy atom. The Morgan fingerprint density at radius 2 is 1.89 bits per heavy atom. The zero-order valence-corrected chi connectivity index (χ0v) is 18.9. The summed E-state index contributed by atoms with van der Waals surface area (Å²) in [6, 6.07) is -0.0826. The van der Waals surface area contributed by atoms with Crippen molar-refractivity contribution in [2.75, 3.05) is 0 Å². The molecule has 3 saturated carbocycles. The van der Waals surface area contributed by atoms with Gasteiger partial charge in [-0.25, -0.2) is 0 Å². The quantitative estimate of drug-likeness (QED) is 0.478. The van der Waals surface area contributed by atoms with Gasteiger partial charge in [-0.15, -0.1) is 0 Å². The van der Waals surface area contributed by atoms with Gasteiger partial charge in [0.2, 0.25) is 0 Å². The molecule has 0 aromatic carbocycles. The van der Waals surface area contributed by atoms with Crippen LogP contribution in [0.3, 0.4) is 0 Å². The summed E-state index contributed by atoms with van der Waals surface area (Å²) in [4.78, 5) is 12.5. The summed E-state index contributed by atoms with van der Waals surface area (Å²) >= 11 is 0. The molecule has 0 bridgehead atoms. The number of carbonyl (C=O) groups is 1. The lowest BCUT2D eigenvalue weighted by Gasteiger charge is -2.59. The van der Waals surface area contributed by atoms with Gasteiger partial charge >= 0.3 is 0 Å². The number of fused-ring (bicyclic) bond motifs is 5. The molecule has 0 aromatic rings. The standard InChI is InChI=1S/C27H44O/c1-18(2)7-6-8-19(3)23-11-12-24-22-10-9-20-17-21(28)13-15-26(20,4)25(22)14-16-27(23,24)5/h13,15,18-20,22-25H,6-12,14,16-17H2,1-5H3/t19-,20+,22+,23-,24+,25+,26+,27-/m1/s1/i13D,17D2. The maximum Gasteiger partial charge on any atom is 0.155 e. The molecule has 4 aliphatic carbocycles. The fourth-order valence-electron chi connectivity index (χ4n) is 8.27. The number of hydrogen-bond acceptors (Lipinski definition) is 1. The van der Waals surface area contributed by atoms with Gasteiger partial charge in [0.1, 0.15) is 0 Å².